The summed E-state index contributed by atoms with van der Waals surface area (Å²) < 4.78 is 6.79. The average Bonchev–Trinajstić information content (AvgIpc) is 3.47. The van der Waals surface area contributed by atoms with E-state index in [1.54, 1.807) is 30.1 Å². The molecule has 3 aromatic heterocycles. The third kappa shape index (κ3) is 3.77. The van der Waals surface area contributed by atoms with E-state index < -0.39 is 0 Å². The minimum atomic E-state index is -0.369. The molecule has 0 N–H and O–H groups in total. The van der Waals surface area contributed by atoms with Gasteiger partial charge in [-0.3, -0.25) is 13.9 Å². The van der Waals surface area contributed by atoms with Crippen LogP contribution in [0.2, 0.25) is 0 Å². The van der Waals surface area contributed by atoms with Gasteiger partial charge >= 0.3 is 5.69 Å². The minimum Gasteiger partial charge on any atom is -0.338 e. The number of fused-ring (bicyclic) bond motifs is 3. The smallest absolute Gasteiger partial charge is 0.332 e. The molecule has 2 aromatic carbocycles. The largest absolute Gasteiger partial charge is 0.338 e. The highest BCUT2D eigenvalue weighted by Crippen LogP contribution is 2.31. The molecular formula is C25H24N6O2S2. The van der Waals surface area contributed by atoms with Gasteiger partial charge in [0.05, 0.1) is 10.2 Å². The fourth-order valence-electron chi connectivity index (χ4n) is 4.69. The third-order valence-electron chi connectivity index (χ3n) is 6.56. The molecule has 0 saturated heterocycles. The number of hydrogen-bond acceptors (Lipinski definition) is 7. The van der Waals surface area contributed by atoms with Crippen molar-refractivity contribution in [3.05, 3.63) is 80.5 Å². The summed E-state index contributed by atoms with van der Waals surface area (Å²) >= 11 is 3.36. The van der Waals surface area contributed by atoms with Gasteiger partial charge in [-0.2, -0.15) is 4.98 Å². The Bertz CT molecular complexity index is 1660. The van der Waals surface area contributed by atoms with E-state index in [0.29, 0.717) is 17.7 Å². The van der Waals surface area contributed by atoms with Gasteiger partial charge in [0.25, 0.3) is 5.56 Å². The molecule has 1 aliphatic heterocycles. The van der Waals surface area contributed by atoms with Crippen LogP contribution in [0.1, 0.15) is 11.1 Å². The standard InChI is InChI=1S/C25H24N6O2S2/c1-28-21-20(22(32)29(2)25(28)33)31(13-14-34-24-26-18-9-5-6-10-19(18)35-24)23(27-21)30-12-11-16-7-3-4-8-17(16)15-30/h3-10H,11-15H2,1-2H3. The third-order valence-corrected chi connectivity index (χ3v) is 8.72. The van der Waals surface area contributed by atoms with Crippen molar-refractivity contribution in [2.24, 2.45) is 14.1 Å². The van der Waals surface area contributed by atoms with Crippen molar-refractivity contribution in [3.8, 4) is 0 Å². The Balaban J connectivity index is 1.39. The Morgan fingerprint density at radius 1 is 0.971 bits per heavy atom. The van der Waals surface area contributed by atoms with Crippen LogP contribution in [0.5, 0.6) is 0 Å². The molecule has 10 heteroatoms. The van der Waals surface area contributed by atoms with Crippen molar-refractivity contribution in [1.82, 2.24) is 23.7 Å². The van der Waals surface area contributed by atoms with Crippen LogP contribution >= 0.6 is 23.1 Å². The maximum atomic E-state index is 13.2. The monoisotopic (exact) mass is 504 g/mol. The summed E-state index contributed by atoms with van der Waals surface area (Å²) in [5.41, 5.74) is 3.83. The second-order valence-electron chi connectivity index (χ2n) is 8.68. The van der Waals surface area contributed by atoms with Crippen LogP contribution < -0.4 is 16.1 Å². The highest BCUT2D eigenvalue weighted by Gasteiger charge is 2.25. The van der Waals surface area contributed by atoms with Gasteiger partial charge in [-0.25, -0.2) is 9.78 Å². The van der Waals surface area contributed by atoms with Gasteiger partial charge in [0.15, 0.2) is 15.5 Å². The van der Waals surface area contributed by atoms with E-state index in [-0.39, 0.29) is 11.2 Å². The maximum Gasteiger partial charge on any atom is 0.332 e. The molecule has 0 saturated carbocycles. The molecule has 5 aromatic rings. The normalized spacial score (nSPS) is 13.6. The van der Waals surface area contributed by atoms with Crippen molar-refractivity contribution >= 4 is 50.4 Å². The number of rotatable bonds is 5. The SMILES string of the molecule is Cn1c(=O)c2c(nc(N3CCc4ccccc4C3)n2CCSc2nc3ccccc3s2)n(C)c1=O. The predicted molar refractivity (Wildman–Crippen MR) is 142 cm³/mol. The van der Waals surface area contributed by atoms with Crippen LogP contribution in [0.3, 0.4) is 0 Å². The van der Waals surface area contributed by atoms with Crippen LogP contribution in [0.15, 0.2) is 62.5 Å². The van der Waals surface area contributed by atoms with Gasteiger partial charge in [0.1, 0.15) is 0 Å². The number of para-hydroxylation sites is 1. The van der Waals surface area contributed by atoms with Gasteiger partial charge in [0.2, 0.25) is 5.95 Å². The molecule has 0 aliphatic carbocycles. The Kier molecular flexibility index (Phi) is 5.49. The van der Waals surface area contributed by atoms with Gasteiger partial charge in [-0.15, -0.1) is 11.3 Å². The molecule has 178 valence electrons. The van der Waals surface area contributed by atoms with Crippen molar-refractivity contribution < 1.29 is 0 Å². The van der Waals surface area contributed by atoms with E-state index >= 15 is 0 Å². The average molecular weight is 505 g/mol. The molecule has 8 nitrogen and oxygen atoms in total. The molecule has 4 heterocycles. The zero-order chi connectivity index (χ0) is 24.1. The van der Waals surface area contributed by atoms with Crippen molar-refractivity contribution in [2.75, 3.05) is 17.2 Å². The van der Waals surface area contributed by atoms with Crippen LogP contribution in [0.4, 0.5) is 5.95 Å². The maximum absolute atomic E-state index is 13.2. The van der Waals surface area contributed by atoms with Crippen LogP contribution in [0, 0.1) is 0 Å². The van der Waals surface area contributed by atoms with Crippen LogP contribution in [-0.4, -0.2) is 36.0 Å². The van der Waals surface area contributed by atoms with E-state index in [1.807, 2.05) is 22.8 Å². The van der Waals surface area contributed by atoms with Crippen molar-refractivity contribution in [1.29, 1.82) is 0 Å². The lowest BCUT2D eigenvalue weighted by molar-refractivity contribution is 0.668. The Hall–Kier alpha value is -3.37. The molecule has 1 aliphatic rings. The lowest BCUT2D eigenvalue weighted by atomic mass is 10.0. The molecule has 0 spiro atoms. The van der Waals surface area contributed by atoms with Gasteiger partial charge in [0, 0.05) is 39.5 Å². The summed E-state index contributed by atoms with van der Waals surface area (Å²) in [7, 11) is 3.20. The van der Waals surface area contributed by atoms with Crippen molar-refractivity contribution in [2.45, 2.75) is 23.8 Å². The number of aryl methyl sites for hydroxylation is 2. The topological polar surface area (TPSA) is 78.0 Å². The van der Waals surface area contributed by atoms with Gasteiger partial charge in [-0.05, 0) is 29.7 Å². The molecular weight excluding hydrogens is 480 g/mol. The van der Waals surface area contributed by atoms with Crippen LogP contribution in [-0.2, 0) is 33.6 Å². The fraction of sp³-hybridized carbons (Fsp3) is 0.280. The molecule has 0 bridgehead atoms. The van der Waals surface area contributed by atoms with E-state index in [4.69, 9.17) is 9.97 Å². The minimum absolute atomic E-state index is 0.316. The van der Waals surface area contributed by atoms with Gasteiger partial charge in [-0.1, -0.05) is 48.2 Å². The lowest BCUT2D eigenvalue weighted by Crippen LogP contribution is -2.37. The summed E-state index contributed by atoms with van der Waals surface area (Å²) in [6.07, 6.45) is 0.913. The quantitative estimate of drug-likeness (QED) is 0.342. The molecule has 6 rings (SSSR count). The molecule has 0 radical (unpaired) electrons. The first-order chi connectivity index (χ1) is 17.0. The second-order valence-corrected chi connectivity index (χ2v) is 11.1. The highest BCUT2D eigenvalue weighted by atomic mass is 32.2. The summed E-state index contributed by atoms with van der Waals surface area (Å²) in [6.45, 7) is 2.11. The van der Waals surface area contributed by atoms with Crippen LogP contribution in [0.25, 0.3) is 21.4 Å². The highest BCUT2D eigenvalue weighted by molar-refractivity contribution is 8.01. The molecule has 0 amide bonds. The van der Waals surface area contributed by atoms with E-state index in [1.165, 1.54) is 27.4 Å². The first kappa shape index (κ1) is 22.1. The number of benzene rings is 2. The summed E-state index contributed by atoms with van der Waals surface area (Å²) in [4.78, 5) is 37.6. The summed E-state index contributed by atoms with van der Waals surface area (Å²) in [6, 6.07) is 16.6. The Labute approximate surface area is 209 Å². The molecule has 0 fully saturated rings. The Morgan fingerprint density at radius 3 is 2.57 bits per heavy atom. The number of imidazole rings is 1. The van der Waals surface area contributed by atoms with Gasteiger partial charge < -0.3 is 9.47 Å². The fourth-order valence-corrected chi connectivity index (χ4v) is 6.76. The number of nitrogens with zero attached hydrogens (tertiary/aromatic N) is 6. The summed E-state index contributed by atoms with van der Waals surface area (Å²) in [5, 5.41) is 0. The molecule has 0 atom stereocenters. The van der Waals surface area contributed by atoms with E-state index in [9.17, 15) is 9.59 Å². The van der Waals surface area contributed by atoms with Crippen molar-refractivity contribution in [3.63, 3.8) is 0 Å². The first-order valence-corrected chi connectivity index (χ1v) is 13.3. The Morgan fingerprint density at radius 2 is 1.74 bits per heavy atom. The molecule has 0 unspecified atom stereocenters. The number of anilines is 1. The van der Waals surface area contributed by atoms with E-state index in [0.717, 1.165) is 45.6 Å². The number of thiazole rings is 1. The predicted octanol–water partition coefficient (Wildman–Crippen LogP) is 3.40. The first-order valence-electron chi connectivity index (χ1n) is 11.5. The van der Waals surface area contributed by atoms with E-state index in [2.05, 4.69) is 35.2 Å². The summed E-state index contributed by atoms with van der Waals surface area (Å²) in [5.74, 6) is 1.46. The number of aromatic nitrogens is 5. The number of hydrogen-bond donors (Lipinski definition) is 0. The lowest BCUT2D eigenvalue weighted by Gasteiger charge is -2.30. The zero-order valence-corrected chi connectivity index (χ0v) is 21.1. The second kappa shape index (κ2) is 8.69. The zero-order valence-electron chi connectivity index (χ0n) is 19.5. The number of thioether (sulfide) groups is 1. The molecule has 35 heavy (non-hydrogen) atoms.